The van der Waals surface area contributed by atoms with Crippen molar-refractivity contribution in [1.29, 1.82) is 0 Å². The predicted octanol–water partition coefficient (Wildman–Crippen LogP) is 3.65. The van der Waals surface area contributed by atoms with Gasteiger partial charge in [-0.1, -0.05) is 60.4 Å². The number of thioether (sulfide) groups is 1. The van der Waals surface area contributed by atoms with Crippen LogP contribution in [0.3, 0.4) is 0 Å². The van der Waals surface area contributed by atoms with Gasteiger partial charge in [-0.05, 0) is 32.0 Å². The molecule has 152 valence electrons. The van der Waals surface area contributed by atoms with E-state index in [1.54, 1.807) is 30.3 Å². The number of thiocarbonyl (C=S) groups is 1. The number of para-hydroxylation sites is 2. The van der Waals surface area contributed by atoms with E-state index in [2.05, 4.69) is 5.32 Å². The van der Waals surface area contributed by atoms with Gasteiger partial charge >= 0.3 is 0 Å². The number of carbonyl (C=O) groups excluding carboxylic acids is 3. The topological polar surface area (TPSA) is 69.7 Å². The van der Waals surface area contributed by atoms with Gasteiger partial charge in [0.05, 0.1) is 16.2 Å². The standard InChI is InChI=1S/C22H19N3O3S2/c1-13(2)25-21(28)19(30-22(25)29)18-15-10-6-7-11-16(15)24(20(18)27)12-17(26)23-14-8-4-3-5-9-14/h3-11,13H,12H2,1-2H3,(H,23,26). The predicted molar refractivity (Wildman–Crippen MR) is 123 cm³/mol. The van der Waals surface area contributed by atoms with Gasteiger partial charge in [0, 0.05) is 17.3 Å². The highest BCUT2D eigenvalue weighted by Gasteiger charge is 2.43. The van der Waals surface area contributed by atoms with Gasteiger partial charge in [-0.3, -0.25) is 24.2 Å². The van der Waals surface area contributed by atoms with Crippen LogP contribution >= 0.6 is 24.0 Å². The van der Waals surface area contributed by atoms with Gasteiger partial charge in [-0.25, -0.2) is 0 Å². The van der Waals surface area contributed by atoms with Crippen LogP contribution in [0.1, 0.15) is 19.4 Å². The average molecular weight is 438 g/mol. The zero-order valence-electron chi connectivity index (χ0n) is 16.4. The molecular formula is C22H19N3O3S2. The largest absolute Gasteiger partial charge is 0.325 e. The minimum Gasteiger partial charge on any atom is -0.325 e. The van der Waals surface area contributed by atoms with Crippen molar-refractivity contribution in [3.05, 3.63) is 65.1 Å². The first kappa shape index (κ1) is 20.3. The summed E-state index contributed by atoms with van der Waals surface area (Å²) in [5.74, 6) is -0.960. The van der Waals surface area contributed by atoms with E-state index in [1.165, 1.54) is 9.80 Å². The molecule has 1 N–H and O–H groups in total. The molecule has 0 saturated carbocycles. The molecule has 0 aliphatic carbocycles. The fraction of sp³-hybridized carbons (Fsp3) is 0.182. The fourth-order valence-corrected chi connectivity index (χ4v) is 5.09. The van der Waals surface area contributed by atoms with Crippen LogP contribution in [0.2, 0.25) is 0 Å². The molecule has 3 amide bonds. The number of anilines is 2. The van der Waals surface area contributed by atoms with Crippen LogP contribution in [0, 0.1) is 0 Å². The normalized spacial score (nSPS) is 18.4. The number of nitrogens with one attached hydrogen (secondary N) is 1. The van der Waals surface area contributed by atoms with Crippen molar-refractivity contribution in [2.45, 2.75) is 19.9 Å². The number of fused-ring (bicyclic) bond motifs is 1. The quantitative estimate of drug-likeness (QED) is 0.584. The minimum atomic E-state index is -0.372. The zero-order chi connectivity index (χ0) is 21.4. The lowest BCUT2D eigenvalue weighted by Crippen LogP contribution is -2.36. The minimum absolute atomic E-state index is 0.102. The van der Waals surface area contributed by atoms with Crippen molar-refractivity contribution in [2.75, 3.05) is 16.8 Å². The highest BCUT2D eigenvalue weighted by atomic mass is 32.2. The maximum Gasteiger partial charge on any atom is 0.267 e. The van der Waals surface area contributed by atoms with E-state index in [4.69, 9.17) is 12.2 Å². The number of hydrogen-bond acceptors (Lipinski definition) is 5. The Kier molecular flexibility index (Phi) is 5.44. The first-order valence-electron chi connectivity index (χ1n) is 9.44. The highest BCUT2D eigenvalue weighted by Crippen LogP contribution is 2.44. The van der Waals surface area contributed by atoms with Crippen molar-refractivity contribution in [3.8, 4) is 0 Å². The Morgan fingerprint density at radius 1 is 1.03 bits per heavy atom. The highest BCUT2D eigenvalue weighted by molar-refractivity contribution is 8.26. The summed E-state index contributed by atoms with van der Waals surface area (Å²) in [5, 5.41) is 2.79. The number of rotatable bonds is 4. The van der Waals surface area contributed by atoms with E-state index >= 15 is 0 Å². The molecule has 6 nitrogen and oxygen atoms in total. The molecule has 2 aliphatic rings. The average Bonchev–Trinajstić information content (AvgIpc) is 3.15. The van der Waals surface area contributed by atoms with Crippen molar-refractivity contribution in [3.63, 3.8) is 0 Å². The second-order valence-electron chi connectivity index (χ2n) is 7.16. The Morgan fingerprint density at radius 3 is 2.37 bits per heavy atom. The molecule has 4 rings (SSSR count). The zero-order valence-corrected chi connectivity index (χ0v) is 18.0. The first-order chi connectivity index (χ1) is 14.4. The molecule has 2 aromatic rings. The Morgan fingerprint density at radius 2 is 1.70 bits per heavy atom. The molecule has 30 heavy (non-hydrogen) atoms. The Labute approximate surface area is 183 Å². The molecule has 0 spiro atoms. The van der Waals surface area contributed by atoms with Crippen LogP contribution in [0.4, 0.5) is 11.4 Å². The van der Waals surface area contributed by atoms with Crippen LogP contribution in [-0.2, 0) is 14.4 Å². The van der Waals surface area contributed by atoms with E-state index < -0.39 is 0 Å². The van der Waals surface area contributed by atoms with Gasteiger partial charge in [0.2, 0.25) is 5.91 Å². The Balaban J connectivity index is 1.68. The fourth-order valence-electron chi connectivity index (χ4n) is 3.50. The van der Waals surface area contributed by atoms with Gasteiger partial charge in [-0.15, -0.1) is 0 Å². The third kappa shape index (κ3) is 3.53. The summed E-state index contributed by atoms with van der Waals surface area (Å²) in [6, 6.07) is 16.1. The van der Waals surface area contributed by atoms with E-state index in [-0.39, 0.29) is 30.3 Å². The molecule has 0 atom stereocenters. The summed E-state index contributed by atoms with van der Waals surface area (Å²) in [6.45, 7) is 3.60. The number of benzene rings is 2. The Hall–Kier alpha value is -2.97. The van der Waals surface area contributed by atoms with Crippen molar-refractivity contribution in [1.82, 2.24) is 4.90 Å². The molecule has 0 unspecified atom stereocenters. The number of hydrogen-bond donors (Lipinski definition) is 1. The van der Waals surface area contributed by atoms with Crippen molar-refractivity contribution < 1.29 is 14.4 Å². The van der Waals surface area contributed by atoms with E-state index in [9.17, 15) is 14.4 Å². The van der Waals surface area contributed by atoms with E-state index in [1.807, 2.05) is 38.1 Å². The maximum atomic E-state index is 13.3. The number of carbonyl (C=O) groups is 3. The van der Waals surface area contributed by atoms with E-state index in [0.717, 1.165) is 11.8 Å². The summed E-state index contributed by atoms with van der Waals surface area (Å²) in [7, 11) is 0. The van der Waals surface area contributed by atoms with Crippen LogP contribution in [0.5, 0.6) is 0 Å². The second-order valence-corrected chi connectivity index (χ2v) is 8.81. The maximum absolute atomic E-state index is 13.3. The lowest BCUT2D eigenvalue weighted by Gasteiger charge is -2.18. The summed E-state index contributed by atoms with van der Waals surface area (Å²) in [6.07, 6.45) is 0. The molecule has 2 aliphatic heterocycles. The van der Waals surface area contributed by atoms with Gasteiger partial charge in [0.15, 0.2) is 0 Å². The monoisotopic (exact) mass is 437 g/mol. The molecule has 2 aromatic carbocycles. The van der Waals surface area contributed by atoms with Gasteiger partial charge in [0.25, 0.3) is 11.8 Å². The number of nitrogens with zero attached hydrogens (tertiary/aromatic N) is 2. The molecule has 1 fully saturated rings. The molecule has 0 aromatic heterocycles. The molecule has 8 heteroatoms. The number of amides is 3. The smallest absolute Gasteiger partial charge is 0.267 e. The second kappa shape index (κ2) is 8.04. The molecule has 0 bridgehead atoms. The van der Waals surface area contributed by atoms with Gasteiger partial charge in [-0.2, -0.15) is 0 Å². The summed E-state index contributed by atoms with van der Waals surface area (Å²) in [5.41, 5.74) is 2.20. The molecule has 2 heterocycles. The summed E-state index contributed by atoms with van der Waals surface area (Å²) < 4.78 is 0.433. The lowest BCUT2D eigenvalue weighted by molar-refractivity contribution is -0.123. The van der Waals surface area contributed by atoms with Gasteiger partial charge in [0.1, 0.15) is 10.9 Å². The molecular weight excluding hydrogens is 418 g/mol. The van der Waals surface area contributed by atoms with Crippen LogP contribution < -0.4 is 10.2 Å². The first-order valence-corrected chi connectivity index (χ1v) is 10.7. The molecule has 1 saturated heterocycles. The third-order valence-corrected chi connectivity index (χ3v) is 6.23. The summed E-state index contributed by atoms with van der Waals surface area (Å²) in [4.78, 5) is 42.1. The van der Waals surface area contributed by atoms with Gasteiger partial charge < -0.3 is 5.32 Å². The van der Waals surface area contributed by atoms with Crippen LogP contribution in [0.15, 0.2) is 59.5 Å². The van der Waals surface area contributed by atoms with Crippen LogP contribution in [0.25, 0.3) is 5.57 Å². The Bertz CT molecular complexity index is 1100. The summed E-state index contributed by atoms with van der Waals surface area (Å²) >= 11 is 6.50. The van der Waals surface area contributed by atoms with Crippen LogP contribution in [-0.4, -0.2) is 39.5 Å². The third-order valence-electron chi connectivity index (χ3n) is 4.83. The SMILES string of the molecule is CC(C)N1C(=O)C(=C2C(=O)N(CC(=O)Nc3ccccc3)c3ccccc32)SC1=S. The van der Waals surface area contributed by atoms with E-state index in [0.29, 0.717) is 31.7 Å². The molecule has 0 radical (unpaired) electrons. The van der Waals surface area contributed by atoms with Crippen molar-refractivity contribution >= 4 is 63.0 Å². The van der Waals surface area contributed by atoms with Crippen molar-refractivity contribution in [2.24, 2.45) is 0 Å². The lowest BCUT2D eigenvalue weighted by atomic mass is 10.1.